The van der Waals surface area contributed by atoms with Crippen molar-refractivity contribution in [3.05, 3.63) is 29.0 Å². The molecular weight excluding hydrogens is 291 g/mol. The summed E-state index contributed by atoms with van der Waals surface area (Å²) in [6.45, 7) is 0.829. The van der Waals surface area contributed by atoms with Gasteiger partial charge in [0.15, 0.2) is 0 Å². The van der Waals surface area contributed by atoms with Crippen LogP contribution in [0.3, 0.4) is 0 Å². The van der Waals surface area contributed by atoms with E-state index in [-0.39, 0.29) is 22.5 Å². The number of rotatable bonds is 4. The molecule has 7 heteroatoms. The summed E-state index contributed by atoms with van der Waals surface area (Å²) in [7, 11) is -3.57. The second-order valence-electron chi connectivity index (χ2n) is 4.65. The molecule has 0 aliphatic carbocycles. The van der Waals surface area contributed by atoms with Crippen molar-refractivity contribution >= 4 is 27.3 Å². The van der Waals surface area contributed by atoms with Gasteiger partial charge >= 0.3 is 0 Å². The zero-order valence-corrected chi connectivity index (χ0v) is 11.9. The van der Waals surface area contributed by atoms with Crippen molar-refractivity contribution in [2.45, 2.75) is 25.3 Å². The molecule has 0 aromatic heterocycles. The van der Waals surface area contributed by atoms with Gasteiger partial charge in [-0.15, -0.1) is 0 Å². The third kappa shape index (κ3) is 4.33. The fourth-order valence-corrected chi connectivity index (χ4v) is 3.67. The van der Waals surface area contributed by atoms with E-state index in [1.165, 1.54) is 12.1 Å². The van der Waals surface area contributed by atoms with E-state index in [1.54, 1.807) is 0 Å². The van der Waals surface area contributed by atoms with Gasteiger partial charge in [-0.1, -0.05) is 18.0 Å². The predicted molar refractivity (Wildman–Crippen MR) is 74.5 cm³/mol. The Morgan fingerprint density at radius 2 is 2.21 bits per heavy atom. The quantitative estimate of drug-likeness (QED) is 0.898. The van der Waals surface area contributed by atoms with E-state index in [0.717, 1.165) is 31.9 Å². The Balaban J connectivity index is 2.03. The Hall–Kier alpha value is -0.850. The van der Waals surface area contributed by atoms with Crippen LogP contribution in [0.25, 0.3) is 0 Å². The van der Waals surface area contributed by atoms with Crippen LogP contribution in [0.4, 0.5) is 10.1 Å². The molecule has 1 fully saturated rings. The molecule has 106 valence electrons. The Kier molecular flexibility index (Phi) is 4.65. The molecule has 2 N–H and O–H groups in total. The largest absolute Gasteiger partial charge is 0.313 e. The monoisotopic (exact) mass is 306 g/mol. The van der Waals surface area contributed by atoms with Crippen molar-refractivity contribution < 1.29 is 12.8 Å². The predicted octanol–water partition coefficient (Wildman–Crippen LogP) is 2.36. The van der Waals surface area contributed by atoms with E-state index in [9.17, 15) is 12.8 Å². The Labute approximate surface area is 117 Å². The molecule has 0 saturated carbocycles. The van der Waals surface area contributed by atoms with E-state index in [1.807, 2.05) is 0 Å². The van der Waals surface area contributed by atoms with E-state index >= 15 is 0 Å². The van der Waals surface area contributed by atoms with Crippen LogP contribution in [0.2, 0.25) is 5.02 Å². The normalized spacial score (nSPS) is 20.2. The van der Waals surface area contributed by atoms with Crippen molar-refractivity contribution in [1.82, 2.24) is 5.32 Å². The number of benzene rings is 1. The summed E-state index contributed by atoms with van der Waals surface area (Å²) in [5, 5.41) is 3.38. The standard InChI is InChI=1S/C12H16ClFN2O2S/c13-9-4-5-12(11(14)7-9)16-19(17,18)8-10-3-1-2-6-15-10/h4-5,7,10,15-16H,1-3,6,8H2. The number of hydrogen-bond acceptors (Lipinski definition) is 3. The van der Waals surface area contributed by atoms with Crippen molar-refractivity contribution in [1.29, 1.82) is 0 Å². The summed E-state index contributed by atoms with van der Waals surface area (Å²) in [5.41, 5.74) is -0.0693. The highest BCUT2D eigenvalue weighted by molar-refractivity contribution is 7.92. The molecule has 19 heavy (non-hydrogen) atoms. The minimum absolute atomic E-state index is 0.0466. The number of nitrogens with one attached hydrogen (secondary N) is 2. The SMILES string of the molecule is O=S(=O)(CC1CCCCN1)Nc1ccc(Cl)cc1F. The minimum atomic E-state index is -3.57. The van der Waals surface area contributed by atoms with Crippen LogP contribution < -0.4 is 10.0 Å². The van der Waals surface area contributed by atoms with Crippen molar-refractivity contribution in [3.8, 4) is 0 Å². The fourth-order valence-electron chi connectivity index (χ4n) is 2.11. The zero-order valence-electron chi connectivity index (χ0n) is 10.3. The van der Waals surface area contributed by atoms with Gasteiger partial charge in [0.05, 0.1) is 11.4 Å². The summed E-state index contributed by atoms with van der Waals surface area (Å²) in [6, 6.07) is 3.78. The summed E-state index contributed by atoms with van der Waals surface area (Å²) >= 11 is 5.62. The maximum absolute atomic E-state index is 13.5. The summed E-state index contributed by atoms with van der Waals surface area (Å²) in [5.74, 6) is -0.720. The minimum Gasteiger partial charge on any atom is -0.313 e. The van der Waals surface area contributed by atoms with Crippen molar-refractivity contribution in [2.24, 2.45) is 0 Å². The van der Waals surface area contributed by atoms with Crippen molar-refractivity contribution in [3.63, 3.8) is 0 Å². The van der Waals surface area contributed by atoms with Crippen LogP contribution in [-0.2, 0) is 10.0 Å². The van der Waals surface area contributed by atoms with E-state index < -0.39 is 15.8 Å². The average molecular weight is 307 g/mol. The topological polar surface area (TPSA) is 58.2 Å². The molecule has 1 atom stereocenters. The number of anilines is 1. The molecule has 1 aromatic rings. The molecular formula is C12H16ClFN2O2S. The number of sulfonamides is 1. The summed E-state index contributed by atoms with van der Waals surface area (Å²) in [6.07, 6.45) is 2.91. The summed E-state index contributed by atoms with van der Waals surface area (Å²) in [4.78, 5) is 0. The maximum Gasteiger partial charge on any atom is 0.234 e. The molecule has 1 aromatic carbocycles. The maximum atomic E-state index is 13.5. The third-order valence-electron chi connectivity index (χ3n) is 3.03. The lowest BCUT2D eigenvalue weighted by Gasteiger charge is -2.23. The molecule has 0 bridgehead atoms. The van der Waals surface area contributed by atoms with Crippen LogP contribution >= 0.6 is 11.6 Å². The molecule has 0 radical (unpaired) electrons. The van der Waals surface area contributed by atoms with E-state index in [4.69, 9.17) is 11.6 Å². The van der Waals surface area contributed by atoms with Crippen LogP contribution in [0, 0.1) is 5.82 Å². The molecule has 0 amide bonds. The lowest BCUT2D eigenvalue weighted by atomic mass is 10.1. The molecule has 1 heterocycles. The first-order valence-corrected chi connectivity index (χ1v) is 8.18. The molecule has 2 rings (SSSR count). The Morgan fingerprint density at radius 1 is 1.42 bits per heavy atom. The Morgan fingerprint density at radius 3 is 2.84 bits per heavy atom. The van der Waals surface area contributed by atoms with Gasteiger partial charge in [0.2, 0.25) is 10.0 Å². The van der Waals surface area contributed by atoms with Gasteiger partial charge in [-0.2, -0.15) is 0 Å². The first kappa shape index (κ1) is 14.6. The second-order valence-corrected chi connectivity index (χ2v) is 6.86. The van der Waals surface area contributed by atoms with Gasteiger partial charge in [-0.3, -0.25) is 4.72 Å². The Bertz CT molecular complexity index is 545. The van der Waals surface area contributed by atoms with Crippen molar-refractivity contribution in [2.75, 3.05) is 17.0 Å². The van der Waals surface area contributed by atoms with Crippen LogP contribution in [0.1, 0.15) is 19.3 Å². The number of piperidine rings is 1. The van der Waals surface area contributed by atoms with E-state index in [0.29, 0.717) is 0 Å². The van der Waals surface area contributed by atoms with Crippen LogP contribution in [-0.4, -0.2) is 26.8 Å². The highest BCUT2D eigenvalue weighted by Crippen LogP contribution is 2.20. The second kappa shape index (κ2) is 6.07. The number of halogens is 2. The molecule has 0 spiro atoms. The molecule has 4 nitrogen and oxygen atoms in total. The van der Waals surface area contributed by atoms with Gasteiger partial charge in [-0.05, 0) is 37.6 Å². The molecule has 1 aliphatic heterocycles. The average Bonchev–Trinajstić information content (AvgIpc) is 2.33. The zero-order chi connectivity index (χ0) is 13.9. The van der Waals surface area contributed by atoms with Gasteiger partial charge in [0.25, 0.3) is 0 Å². The first-order valence-electron chi connectivity index (χ1n) is 6.15. The highest BCUT2D eigenvalue weighted by atomic mass is 35.5. The van der Waals surface area contributed by atoms with Gasteiger partial charge in [0.1, 0.15) is 5.82 Å². The number of hydrogen-bond donors (Lipinski definition) is 2. The van der Waals surface area contributed by atoms with Gasteiger partial charge < -0.3 is 5.32 Å². The lowest BCUT2D eigenvalue weighted by molar-refractivity contribution is 0.424. The molecule has 1 unspecified atom stereocenters. The molecule has 1 aliphatic rings. The van der Waals surface area contributed by atoms with Gasteiger partial charge in [0, 0.05) is 11.1 Å². The fraction of sp³-hybridized carbons (Fsp3) is 0.500. The smallest absolute Gasteiger partial charge is 0.234 e. The highest BCUT2D eigenvalue weighted by Gasteiger charge is 2.21. The molecule has 1 saturated heterocycles. The van der Waals surface area contributed by atoms with Crippen LogP contribution in [0.5, 0.6) is 0 Å². The third-order valence-corrected chi connectivity index (χ3v) is 4.64. The van der Waals surface area contributed by atoms with Gasteiger partial charge in [-0.25, -0.2) is 12.8 Å². The lowest BCUT2D eigenvalue weighted by Crippen LogP contribution is -2.40. The van der Waals surface area contributed by atoms with Crippen LogP contribution in [0.15, 0.2) is 18.2 Å². The first-order chi connectivity index (χ1) is 8.96. The van der Waals surface area contributed by atoms with E-state index in [2.05, 4.69) is 10.0 Å². The summed E-state index contributed by atoms with van der Waals surface area (Å²) < 4.78 is 39.7.